The molecule has 1 saturated heterocycles. The molecule has 3 rings (SSSR count). The number of aryl methyl sites for hydroxylation is 1. The summed E-state index contributed by atoms with van der Waals surface area (Å²) in [7, 11) is 2.22. The van der Waals surface area contributed by atoms with E-state index in [0.717, 1.165) is 37.3 Å². The predicted octanol–water partition coefficient (Wildman–Crippen LogP) is 2.66. The summed E-state index contributed by atoms with van der Waals surface area (Å²) >= 11 is 0. The minimum Gasteiger partial charge on any atom is -0.348 e. The summed E-state index contributed by atoms with van der Waals surface area (Å²) in [6.45, 7) is 5.68. The molecule has 1 aromatic heterocycles. The molecule has 0 aromatic carbocycles. The molecular weight excluding hydrogens is 236 g/mol. The molecule has 1 atom stereocenters. The van der Waals surface area contributed by atoms with Gasteiger partial charge in [0.15, 0.2) is 5.78 Å². The first-order chi connectivity index (χ1) is 9.15. The van der Waals surface area contributed by atoms with E-state index in [-0.39, 0.29) is 0 Å². The number of aromatic nitrogens is 1. The van der Waals surface area contributed by atoms with Crippen molar-refractivity contribution in [1.82, 2.24) is 9.47 Å². The second-order valence-corrected chi connectivity index (χ2v) is 6.30. The number of fused-ring (bicyclic) bond motifs is 1. The Morgan fingerprint density at radius 1 is 1.32 bits per heavy atom. The van der Waals surface area contributed by atoms with Crippen LogP contribution in [-0.2, 0) is 13.0 Å². The van der Waals surface area contributed by atoms with Gasteiger partial charge in [0, 0.05) is 36.5 Å². The standard InChI is InChI=1S/C16H24N2O/c1-12-9-14-15(6-3-7-16(14)19)18(12)11-13-5-4-8-17(2)10-13/h9,13H,3-8,10-11H2,1-2H3. The summed E-state index contributed by atoms with van der Waals surface area (Å²) in [5.41, 5.74) is 3.59. The quantitative estimate of drug-likeness (QED) is 0.817. The molecule has 1 aliphatic carbocycles. The molecule has 1 fully saturated rings. The highest BCUT2D eigenvalue weighted by Gasteiger charge is 2.25. The highest BCUT2D eigenvalue weighted by molar-refractivity contribution is 5.98. The van der Waals surface area contributed by atoms with Crippen molar-refractivity contribution in [1.29, 1.82) is 0 Å². The second-order valence-electron chi connectivity index (χ2n) is 6.30. The Morgan fingerprint density at radius 3 is 2.95 bits per heavy atom. The van der Waals surface area contributed by atoms with Gasteiger partial charge in [0.25, 0.3) is 0 Å². The Balaban J connectivity index is 1.83. The fourth-order valence-electron chi connectivity index (χ4n) is 3.73. The molecule has 0 amide bonds. The average molecular weight is 260 g/mol. The second kappa shape index (κ2) is 5.12. The van der Waals surface area contributed by atoms with E-state index in [1.807, 2.05) is 0 Å². The maximum Gasteiger partial charge on any atom is 0.164 e. The summed E-state index contributed by atoms with van der Waals surface area (Å²) in [5.74, 6) is 1.09. The third-order valence-electron chi connectivity index (χ3n) is 4.70. The lowest BCUT2D eigenvalue weighted by atomic mass is 9.95. The smallest absolute Gasteiger partial charge is 0.164 e. The van der Waals surface area contributed by atoms with Crippen LogP contribution in [0.5, 0.6) is 0 Å². The third-order valence-corrected chi connectivity index (χ3v) is 4.70. The van der Waals surface area contributed by atoms with E-state index in [2.05, 4.69) is 29.5 Å². The lowest BCUT2D eigenvalue weighted by Gasteiger charge is -2.31. The Morgan fingerprint density at radius 2 is 2.16 bits per heavy atom. The first kappa shape index (κ1) is 12.9. The number of rotatable bonds is 2. The third kappa shape index (κ3) is 2.48. The molecule has 0 radical (unpaired) electrons. The van der Waals surface area contributed by atoms with Crippen LogP contribution in [0.25, 0.3) is 0 Å². The number of nitrogens with zero attached hydrogens (tertiary/aromatic N) is 2. The van der Waals surface area contributed by atoms with Crippen LogP contribution in [0.2, 0.25) is 0 Å². The number of hydrogen-bond donors (Lipinski definition) is 0. The van der Waals surface area contributed by atoms with E-state index < -0.39 is 0 Å². The molecule has 19 heavy (non-hydrogen) atoms. The zero-order valence-electron chi connectivity index (χ0n) is 12.1. The molecule has 1 aliphatic heterocycles. The number of carbonyl (C=O) groups is 1. The van der Waals surface area contributed by atoms with Gasteiger partial charge >= 0.3 is 0 Å². The van der Waals surface area contributed by atoms with E-state index in [0.29, 0.717) is 5.78 Å². The number of ketones is 1. The maximum absolute atomic E-state index is 12.0. The molecule has 3 heteroatoms. The topological polar surface area (TPSA) is 25.2 Å². The number of carbonyl (C=O) groups excluding carboxylic acids is 1. The van der Waals surface area contributed by atoms with Crippen molar-refractivity contribution < 1.29 is 4.79 Å². The molecule has 0 saturated carbocycles. The fourth-order valence-corrected chi connectivity index (χ4v) is 3.73. The minimum atomic E-state index is 0.351. The van der Waals surface area contributed by atoms with Gasteiger partial charge in [0.2, 0.25) is 0 Å². The molecule has 104 valence electrons. The summed E-state index contributed by atoms with van der Waals surface area (Å²) < 4.78 is 2.43. The van der Waals surface area contributed by atoms with Gasteiger partial charge in [-0.2, -0.15) is 0 Å². The molecule has 2 aliphatic rings. The molecule has 3 nitrogen and oxygen atoms in total. The summed E-state index contributed by atoms with van der Waals surface area (Å²) in [6.07, 6.45) is 5.48. The first-order valence-electron chi connectivity index (χ1n) is 7.56. The number of likely N-dealkylation sites (tertiary alicyclic amines) is 1. The Labute approximate surface area is 115 Å². The van der Waals surface area contributed by atoms with E-state index in [4.69, 9.17) is 0 Å². The Bertz CT molecular complexity index is 489. The Kier molecular flexibility index (Phi) is 3.48. The lowest BCUT2D eigenvalue weighted by molar-refractivity contribution is 0.0971. The van der Waals surface area contributed by atoms with E-state index in [1.54, 1.807) is 0 Å². The van der Waals surface area contributed by atoms with Crippen LogP contribution >= 0.6 is 0 Å². The molecule has 1 unspecified atom stereocenters. The summed E-state index contributed by atoms with van der Waals surface area (Å²) in [5, 5.41) is 0. The van der Waals surface area contributed by atoms with Crippen LogP contribution in [0.4, 0.5) is 0 Å². The highest BCUT2D eigenvalue weighted by atomic mass is 16.1. The molecular formula is C16H24N2O. The van der Waals surface area contributed by atoms with Crippen LogP contribution in [0.15, 0.2) is 6.07 Å². The average Bonchev–Trinajstić information content (AvgIpc) is 2.69. The van der Waals surface area contributed by atoms with Gasteiger partial charge in [-0.05, 0) is 58.2 Å². The number of Topliss-reactive ketones (excluding diaryl/α,β-unsaturated/α-hetero) is 1. The number of hydrogen-bond acceptors (Lipinski definition) is 2. The van der Waals surface area contributed by atoms with E-state index in [1.165, 1.54) is 37.3 Å². The summed E-state index contributed by atoms with van der Waals surface area (Å²) in [6, 6.07) is 2.11. The van der Waals surface area contributed by atoms with Gasteiger partial charge < -0.3 is 9.47 Å². The van der Waals surface area contributed by atoms with Crippen molar-refractivity contribution >= 4 is 5.78 Å². The summed E-state index contributed by atoms with van der Waals surface area (Å²) in [4.78, 5) is 14.4. The minimum absolute atomic E-state index is 0.351. The van der Waals surface area contributed by atoms with Crippen LogP contribution in [-0.4, -0.2) is 35.4 Å². The molecule has 0 bridgehead atoms. The number of piperidine rings is 1. The highest BCUT2D eigenvalue weighted by Crippen LogP contribution is 2.27. The van der Waals surface area contributed by atoms with Gasteiger partial charge in [0.1, 0.15) is 0 Å². The van der Waals surface area contributed by atoms with Crippen LogP contribution < -0.4 is 0 Å². The monoisotopic (exact) mass is 260 g/mol. The van der Waals surface area contributed by atoms with Crippen molar-refractivity contribution in [3.05, 3.63) is 23.0 Å². The van der Waals surface area contributed by atoms with Gasteiger partial charge in [-0.1, -0.05) is 0 Å². The van der Waals surface area contributed by atoms with Crippen molar-refractivity contribution in [3.8, 4) is 0 Å². The van der Waals surface area contributed by atoms with Crippen molar-refractivity contribution in [2.75, 3.05) is 20.1 Å². The van der Waals surface area contributed by atoms with Crippen molar-refractivity contribution in [3.63, 3.8) is 0 Å². The van der Waals surface area contributed by atoms with Gasteiger partial charge in [0.05, 0.1) is 0 Å². The van der Waals surface area contributed by atoms with E-state index in [9.17, 15) is 4.79 Å². The van der Waals surface area contributed by atoms with Crippen molar-refractivity contribution in [2.45, 2.75) is 45.6 Å². The van der Waals surface area contributed by atoms with Gasteiger partial charge in [-0.15, -0.1) is 0 Å². The van der Waals surface area contributed by atoms with Crippen LogP contribution in [0.1, 0.15) is 47.4 Å². The largest absolute Gasteiger partial charge is 0.348 e. The predicted molar refractivity (Wildman–Crippen MR) is 76.7 cm³/mol. The fraction of sp³-hybridized carbons (Fsp3) is 0.688. The van der Waals surface area contributed by atoms with Crippen molar-refractivity contribution in [2.24, 2.45) is 5.92 Å². The molecule has 0 spiro atoms. The SMILES string of the molecule is Cc1cc2c(n1CC1CCCN(C)C1)CCCC2=O. The zero-order chi connectivity index (χ0) is 13.4. The molecule has 1 aromatic rings. The van der Waals surface area contributed by atoms with Gasteiger partial charge in [-0.25, -0.2) is 0 Å². The zero-order valence-corrected chi connectivity index (χ0v) is 12.1. The normalized spacial score (nSPS) is 24.5. The molecule has 0 N–H and O–H groups in total. The maximum atomic E-state index is 12.0. The molecule has 2 heterocycles. The van der Waals surface area contributed by atoms with E-state index >= 15 is 0 Å². The Hall–Kier alpha value is -1.09. The van der Waals surface area contributed by atoms with Crippen LogP contribution in [0.3, 0.4) is 0 Å². The lowest BCUT2D eigenvalue weighted by Crippen LogP contribution is -2.34. The van der Waals surface area contributed by atoms with Crippen LogP contribution in [0, 0.1) is 12.8 Å². The van der Waals surface area contributed by atoms with Gasteiger partial charge in [-0.3, -0.25) is 4.79 Å². The first-order valence-corrected chi connectivity index (χ1v) is 7.56.